The molecule has 3 rings (SSSR count). The average molecular weight is 353 g/mol. The van der Waals surface area contributed by atoms with Crippen molar-refractivity contribution in [3.8, 4) is 0 Å². The third-order valence-corrected chi connectivity index (χ3v) is 5.01. The van der Waals surface area contributed by atoms with Crippen molar-refractivity contribution in [1.29, 1.82) is 0 Å². The molecule has 2 aromatic rings. The van der Waals surface area contributed by atoms with Crippen molar-refractivity contribution >= 4 is 34.4 Å². The van der Waals surface area contributed by atoms with Crippen LogP contribution in [0.15, 0.2) is 65.7 Å². The van der Waals surface area contributed by atoms with Gasteiger partial charge in [0, 0.05) is 13.5 Å². The highest BCUT2D eigenvalue weighted by atomic mass is 32.2. The van der Waals surface area contributed by atoms with E-state index >= 15 is 0 Å². The van der Waals surface area contributed by atoms with Crippen LogP contribution in [0.1, 0.15) is 12.0 Å². The highest BCUT2D eigenvalue weighted by Crippen LogP contribution is 2.32. The largest absolute Gasteiger partial charge is 0.359 e. The number of amidine groups is 1. The molecule has 0 spiro atoms. The number of hydrogen-bond donors (Lipinski definition) is 1. The Morgan fingerprint density at radius 3 is 2.40 bits per heavy atom. The first-order valence-corrected chi connectivity index (χ1v) is 8.91. The fourth-order valence-corrected chi connectivity index (χ4v) is 3.68. The van der Waals surface area contributed by atoms with Crippen molar-refractivity contribution in [2.75, 3.05) is 7.05 Å². The number of nitrogens with one attached hydrogen (secondary N) is 1. The van der Waals surface area contributed by atoms with Gasteiger partial charge in [0.15, 0.2) is 5.17 Å². The van der Waals surface area contributed by atoms with Gasteiger partial charge in [0.2, 0.25) is 11.8 Å². The van der Waals surface area contributed by atoms with E-state index in [9.17, 15) is 9.59 Å². The van der Waals surface area contributed by atoms with E-state index in [0.29, 0.717) is 11.7 Å². The van der Waals surface area contributed by atoms with Crippen molar-refractivity contribution < 1.29 is 9.59 Å². The second-order valence-electron chi connectivity index (χ2n) is 5.62. The number of carbonyl (C=O) groups is 2. The summed E-state index contributed by atoms with van der Waals surface area (Å²) in [6, 6.07) is 19.3. The zero-order chi connectivity index (χ0) is 17.6. The topological polar surface area (TPSA) is 61.8 Å². The summed E-state index contributed by atoms with van der Waals surface area (Å²) in [5.74, 6) is -0.224. The first-order chi connectivity index (χ1) is 12.2. The van der Waals surface area contributed by atoms with Gasteiger partial charge in [-0.25, -0.2) is 4.99 Å². The van der Waals surface area contributed by atoms with Crippen LogP contribution in [0.25, 0.3) is 0 Å². The molecule has 0 bridgehead atoms. The minimum Gasteiger partial charge on any atom is -0.359 e. The molecule has 1 aliphatic rings. The maximum Gasteiger partial charge on any atom is 0.242 e. The number of rotatable bonds is 5. The maximum absolute atomic E-state index is 12.8. The summed E-state index contributed by atoms with van der Waals surface area (Å²) in [6.45, 7) is 0.447. The maximum atomic E-state index is 12.8. The lowest BCUT2D eigenvalue weighted by atomic mass is 10.2. The van der Waals surface area contributed by atoms with Crippen molar-refractivity contribution in [3.05, 3.63) is 66.2 Å². The molecule has 0 aromatic heterocycles. The van der Waals surface area contributed by atoms with Crippen molar-refractivity contribution in [2.45, 2.75) is 18.2 Å². The smallest absolute Gasteiger partial charge is 0.242 e. The molecule has 1 atom stereocenters. The quantitative estimate of drug-likeness (QED) is 0.899. The Hall–Kier alpha value is -2.60. The summed E-state index contributed by atoms with van der Waals surface area (Å²) in [5.41, 5.74) is 1.81. The van der Waals surface area contributed by atoms with Crippen LogP contribution in [0, 0.1) is 0 Å². The number of thioether (sulfide) groups is 1. The number of carbonyl (C=O) groups excluding carboxylic acids is 2. The van der Waals surface area contributed by atoms with Gasteiger partial charge in [0.25, 0.3) is 0 Å². The predicted octanol–water partition coefficient (Wildman–Crippen LogP) is 2.95. The summed E-state index contributed by atoms with van der Waals surface area (Å²) < 4.78 is 0. The normalized spacial score (nSPS) is 18.6. The standard InChI is InChI=1S/C19H19N3O2S/c1-20-17(23)12-16-18(24)22(13-14-8-4-2-5-9-14)19(25-16)21-15-10-6-3-7-11-15/h2-11,16H,12-13H2,1H3,(H,20,23)/t16-/m1/s1. The number of amides is 2. The third-order valence-electron chi connectivity index (χ3n) is 3.83. The molecule has 0 saturated carbocycles. The van der Waals surface area contributed by atoms with Gasteiger partial charge < -0.3 is 5.32 Å². The molecule has 6 heteroatoms. The van der Waals surface area contributed by atoms with Crippen LogP contribution in [0.3, 0.4) is 0 Å². The fourth-order valence-electron chi connectivity index (χ4n) is 2.52. The predicted molar refractivity (Wildman–Crippen MR) is 101 cm³/mol. The number of aliphatic imine (C=N–C) groups is 1. The summed E-state index contributed by atoms with van der Waals surface area (Å²) >= 11 is 1.35. The molecule has 2 aromatic carbocycles. The molecule has 5 nitrogen and oxygen atoms in total. The molecule has 1 saturated heterocycles. The van der Waals surface area contributed by atoms with Gasteiger partial charge in [0.1, 0.15) is 5.25 Å². The minimum absolute atomic E-state index is 0.0767. The zero-order valence-corrected chi connectivity index (χ0v) is 14.7. The summed E-state index contributed by atoms with van der Waals surface area (Å²) in [4.78, 5) is 30.8. The molecule has 1 fully saturated rings. The van der Waals surface area contributed by atoms with Crippen LogP contribution in [-0.4, -0.2) is 34.2 Å². The first kappa shape index (κ1) is 17.2. The fraction of sp³-hybridized carbons (Fsp3) is 0.211. The van der Waals surface area contributed by atoms with Crippen molar-refractivity contribution in [1.82, 2.24) is 10.2 Å². The van der Waals surface area contributed by atoms with Gasteiger partial charge in [0.05, 0.1) is 12.2 Å². The molecular weight excluding hydrogens is 334 g/mol. The Morgan fingerprint density at radius 1 is 1.12 bits per heavy atom. The van der Waals surface area contributed by atoms with Gasteiger partial charge >= 0.3 is 0 Å². The Labute approximate surface area is 151 Å². The molecule has 1 aliphatic heterocycles. The summed E-state index contributed by atoms with van der Waals surface area (Å²) in [7, 11) is 1.58. The highest BCUT2D eigenvalue weighted by Gasteiger charge is 2.39. The number of nitrogens with zero attached hydrogens (tertiary/aromatic N) is 2. The second-order valence-corrected chi connectivity index (χ2v) is 6.79. The molecule has 0 radical (unpaired) electrons. The molecule has 1 heterocycles. The Morgan fingerprint density at radius 2 is 1.76 bits per heavy atom. The monoisotopic (exact) mass is 353 g/mol. The summed E-state index contributed by atoms with van der Waals surface area (Å²) in [5, 5.41) is 2.77. The van der Waals surface area contributed by atoms with E-state index < -0.39 is 5.25 Å². The summed E-state index contributed by atoms with van der Waals surface area (Å²) in [6.07, 6.45) is 0.152. The van der Waals surface area contributed by atoms with E-state index in [1.807, 2.05) is 60.7 Å². The Balaban J connectivity index is 1.87. The lowest BCUT2D eigenvalue weighted by molar-refractivity contribution is -0.129. The zero-order valence-electron chi connectivity index (χ0n) is 13.9. The second kappa shape index (κ2) is 7.98. The first-order valence-electron chi connectivity index (χ1n) is 8.03. The average Bonchev–Trinajstić information content (AvgIpc) is 2.92. The van der Waals surface area contributed by atoms with E-state index in [0.717, 1.165) is 11.3 Å². The van der Waals surface area contributed by atoms with Crippen molar-refractivity contribution in [2.24, 2.45) is 4.99 Å². The van der Waals surface area contributed by atoms with E-state index in [1.165, 1.54) is 11.8 Å². The van der Waals surface area contributed by atoms with Crippen LogP contribution in [-0.2, 0) is 16.1 Å². The van der Waals surface area contributed by atoms with Crippen LogP contribution in [0.4, 0.5) is 5.69 Å². The molecule has 1 N–H and O–H groups in total. The van der Waals surface area contributed by atoms with Crippen LogP contribution in [0.2, 0.25) is 0 Å². The highest BCUT2D eigenvalue weighted by molar-refractivity contribution is 8.15. The molecule has 0 aliphatic carbocycles. The SMILES string of the molecule is CNC(=O)C[C@H]1SC(=Nc2ccccc2)N(Cc2ccccc2)C1=O. The number of benzene rings is 2. The van der Waals surface area contributed by atoms with Crippen LogP contribution < -0.4 is 5.32 Å². The van der Waals surface area contributed by atoms with Gasteiger partial charge in [-0.05, 0) is 17.7 Å². The number of para-hydroxylation sites is 1. The molecule has 25 heavy (non-hydrogen) atoms. The van der Waals surface area contributed by atoms with E-state index in [-0.39, 0.29) is 18.2 Å². The molecule has 128 valence electrons. The van der Waals surface area contributed by atoms with Gasteiger partial charge in [-0.15, -0.1) is 0 Å². The lowest BCUT2D eigenvalue weighted by Gasteiger charge is -2.16. The van der Waals surface area contributed by atoms with Crippen LogP contribution in [0.5, 0.6) is 0 Å². The van der Waals surface area contributed by atoms with Crippen LogP contribution >= 0.6 is 11.8 Å². The van der Waals surface area contributed by atoms with Crippen molar-refractivity contribution in [3.63, 3.8) is 0 Å². The van der Waals surface area contributed by atoms with E-state index in [2.05, 4.69) is 10.3 Å². The molecule has 2 amide bonds. The van der Waals surface area contributed by atoms with Gasteiger partial charge in [-0.1, -0.05) is 60.3 Å². The minimum atomic E-state index is -0.439. The van der Waals surface area contributed by atoms with Gasteiger partial charge in [-0.3, -0.25) is 14.5 Å². The Bertz CT molecular complexity index is 778. The molecular formula is C19H19N3O2S. The Kier molecular flexibility index (Phi) is 5.50. The molecule has 0 unspecified atom stereocenters. The third kappa shape index (κ3) is 4.28. The van der Waals surface area contributed by atoms with E-state index in [4.69, 9.17) is 0 Å². The van der Waals surface area contributed by atoms with Gasteiger partial charge in [-0.2, -0.15) is 0 Å². The lowest BCUT2D eigenvalue weighted by Crippen LogP contribution is -2.33. The number of hydrogen-bond acceptors (Lipinski definition) is 4. The van der Waals surface area contributed by atoms with E-state index in [1.54, 1.807) is 11.9 Å².